The fourth-order valence-electron chi connectivity index (χ4n) is 2.19. The zero-order chi connectivity index (χ0) is 11.9. The zero-order valence-electron chi connectivity index (χ0n) is 10.5. The van der Waals surface area contributed by atoms with E-state index in [1.54, 1.807) is 0 Å². The second kappa shape index (κ2) is 8.10. The van der Waals surface area contributed by atoms with Gasteiger partial charge in [-0.25, -0.2) is 0 Å². The lowest BCUT2D eigenvalue weighted by molar-refractivity contribution is 0.383. The zero-order valence-corrected chi connectivity index (χ0v) is 11.3. The third-order valence-corrected chi connectivity index (χ3v) is 3.22. The summed E-state index contributed by atoms with van der Waals surface area (Å²) in [6.07, 6.45) is 3.93. The molecule has 0 radical (unpaired) electrons. The average molecular weight is 266 g/mol. The Labute approximate surface area is 115 Å². The first-order chi connectivity index (χ1) is 8.38. The number of hydrogen-bond donors (Lipinski definition) is 2. The predicted octanol–water partition coefficient (Wildman–Crippen LogP) is 2.21. The van der Waals surface area contributed by atoms with Crippen molar-refractivity contribution in [2.45, 2.75) is 31.8 Å². The second-order valence-corrected chi connectivity index (χ2v) is 4.59. The van der Waals surface area contributed by atoms with E-state index in [9.17, 15) is 0 Å². The number of hydrogen-bond acceptors (Lipinski definition) is 3. The number of nitriles is 1. The summed E-state index contributed by atoms with van der Waals surface area (Å²) in [5.74, 6) is 0. The maximum absolute atomic E-state index is 8.70. The molecule has 0 aliphatic carbocycles. The molecular formula is C14H20ClN3. The summed E-state index contributed by atoms with van der Waals surface area (Å²) in [7, 11) is 0. The minimum atomic E-state index is 0. The molecule has 1 saturated heterocycles. The van der Waals surface area contributed by atoms with Gasteiger partial charge in [0, 0.05) is 19.1 Å². The van der Waals surface area contributed by atoms with Crippen LogP contribution in [0.4, 0.5) is 0 Å². The third kappa shape index (κ3) is 4.66. The van der Waals surface area contributed by atoms with Crippen molar-refractivity contribution in [1.29, 1.82) is 5.26 Å². The maximum atomic E-state index is 8.70. The first kappa shape index (κ1) is 15.0. The lowest BCUT2D eigenvalue weighted by atomic mass is 10.1. The summed E-state index contributed by atoms with van der Waals surface area (Å²) in [6, 6.07) is 10.5. The Morgan fingerprint density at radius 2 is 2.06 bits per heavy atom. The number of halogens is 1. The molecule has 1 atom stereocenters. The molecule has 2 N–H and O–H groups in total. The Bertz CT molecular complexity index is 377. The van der Waals surface area contributed by atoms with Crippen molar-refractivity contribution in [3.63, 3.8) is 0 Å². The fourth-order valence-corrected chi connectivity index (χ4v) is 2.19. The van der Waals surface area contributed by atoms with Gasteiger partial charge in [0.15, 0.2) is 0 Å². The van der Waals surface area contributed by atoms with Crippen molar-refractivity contribution in [2.24, 2.45) is 0 Å². The summed E-state index contributed by atoms with van der Waals surface area (Å²) < 4.78 is 0. The van der Waals surface area contributed by atoms with Crippen molar-refractivity contribution >= 4 is 12.4 Å². The van der Waals surface area contributed by atoms with E-state index in [2.05, 4.69) is 16.7 Å². The number of nitrogens with zero attached hydrogens (tertiary/aromatic N) is 1. The molecule has 4 heteroatoms. The molecule has 1 aliphatic rings. The SMILES string of the molecule is Cl.N#Cc1ccc(CNCC2CCCCN2)cc1. The van der Waals surface area contributed by atoms with E-state index in [1.165, 1.54) is 24.8 Å². The van der Waals surface area contributed by atoms with Gasteiger partial charge >= 0.3 is 0 Å². The Kier molecular flexibility index (Phi) is 6.74. The van der Waals surface area contributed by atoms with Crippen LogP contribution in [0.2, 0.25) is 0 Å². The molecule has 2 rings (SSSR count). The molecule has 0 saturated carbocycles. The van der Waals surface area contributed by atoms with E-state index in [0.717, 1.165) is 25.2 Å². The Morgan fingerprint density at radius 3 is 2.67 bits per heavy atom. The van der Waals surface area contributed by atoms with Crippen LogP contribution < -0.4 is 10.6 Å². The summed E-state index contributed by atoms with van der Waals surface area (Å²) >= 11 is 0. The van der Waals surface area contributed by atoms with Gasteiger partial charge in [-0.15, -0.1) is 12.4 Å². The van der Waals surface area contributed by atoms with Crippen LogP contribution in [0.3, 0.4) is 0 Å². The number of nitrogens with one attached hydrogen (secondary N) is 2. The Balaban J connectivity index is 0.00000162. The molecule has 1 aliphatic heterocycles. The molecule has 98 valence electrons. The van der Waals surface area contributed by atoms with Crippen molar-refractivity contribution in [1.82, 2.24) is 10.6 Å². The van der Waals surface area contributed by atoms with Crippen LogP contribution in [0.5, 0.6) is 0 Å². The normalized spacial score (nSPS) is 18.7. The topological polar surface area (TPSA) is 47.9 Å². The Morgan fingerprint density at radius 1 is 1.28 bits per heavy atom. The van der Waals surface area contributed by atoms with Gasteiger partial charge in [-0.05, 0) is 37.1 Å². The largest absolute Gasteiger partial charge is 0.313 e. The molecule has 1 heterocycles. The molecule has 0 aromatic heterocycles. The molecule has 0 amide bonds. The van der Waals surface area contributed by atoms with E-state index < -0.39 is 0 Å². The smallest absolute Gasteiger partial charge is 0.0991 e. The molecule has 3 nitrogen and oxygen atoms in total. The molecule has 18 heavy (non-hydrogen) atoms. The molecule has 1 aromatic rings. The molecule has 1 unspecified atom stereocenters. The van der Waals surface area contributed by atoms with Crippen LogP contribution >= 0.6 is 12.4 Å². The predicted molar refractivity (Wildman–Crippen MR) is 75.8 cm³/mol. The van der Waals surface area contributed by atoms with Crippen LogP contribution in [0, 0.1) is 11.3 Å². The van der Waals surface area contributed by atoms with Crippen LogP contribution in [-0.4, -0.2) is 19.1 Å². The summed E-state index contributed by atoms with van der Waals surface area (Å²) in [5.41, 5.74) is 1.96. The fraction of sp³-hybridized carbons (Fsp3) is 0.500. The van der Waals surface area contributed by atoms with Gasteiger partial charge < -0.3 is 10.6 Å². The van der Waals surface area contributed by atoms with Crippen molar-refractivity contribution < 1.29 is 0 Å². The highest BCUT2D eigenvalue weighted by Gasteiger charge is 2.11. The van der Waals surface area contributed by atoms with Crippen LogP contribution in [-0.2, 0) is 6.54 Å². The van der Waals surface area contributed by atoms with E-state index in [-0.39, 0.29) is 12.4 Å². The minimum absolute atomic E-state index is 0. The van der Waals surface area contributed by atoms with E-state index in [1.807, 2.05) is 24.3 Å². The highest BCUT2D eigenvalue weighted by molar-refractivity contribution is 5.85. The highest BCUT2D eigenvalue weighted by atomic mass is 35.5. The van der Waals surface area contributed by atoms with Gasteiger partial charge in [-0.3, -0.25) is 0 Å². The van der Waals surface area contributed by atoms with Gasteiger partial charge in [0.1, 0.15) is 0 Å². The van der Waals surface area contributed by atoms with Gasteiger partial charge in [-0.2, -0.15) is 5.26 Å². The van der Waals surface area contributed by atoms with Crippen LogP contribution in [0.25, 0.3) is 0 Å². The third-order valence-electron chi connectivity index (χ3n) is 3.22. The lowest BCUT2D eigenvalue weighted by Gasteiger charge is -2.23. The molecule has 0 spiro atoms. The van der Waals surface area contributed by atoms with Crippen LogP contribution in [0.15, 0.2) is 24.3 Å². The number of benzene rings is 1. The second-order valence-electron chi connectivity index (χ2n) is 4.59. The van der Waals surface area contributed by atoms with Crippen LogP contribution in [0.1, 0.15) is 30.4 Å². The number of piperidine rings is 1. The molecule has 1 aromatic carbocycles. The molecular weight excluding hydrogens is 246 g/mol. The highest BCUT2D eigenvalue weighted by Crippen LogP contribution is 2.06. The molecule has 0 bridgehead atoms. The first-order valence-electron chi connectivity index (χ1n) is 6.31. The van der Waals surface area contributed by atoms with Gasteiger partial charge in [-0.1, -0.05) is 18.6 Å². The molecule has 1 fully saturated rings. The summed E-state index contributed by atoms with van der Waals surface area (Å²) in [4.78, 5) is 0. The maximum Gasteiger partial charge on any atom is 0.0991 e. The van der Waals surface area contributed by atoms with E-state index >= 15 is 0 Å². The quantitative estimate of drug-likeness (QED) is 0.878. The summed E-state index contributed by atoms with van der Waals surface area (Å²) in [5, 5.41) is 15.7. The number of rotatable bonds is 4. The minimum Gasteiger partial charge on any atom is -0.313 e. The van der Waals surface area contributed by atoms with E-state index in [0.29, 0.717) is 6.04 Å². The monoisotopic (exact) mass is 265 g/mol. The van der Waals surface area contributed by atoms with Gasteiger partial charge in [0.2, 0.25) is 0 Å². The standard InChI is InChI=1S/C14H19N3.ClH/c15-9-12-4-6-13(7-5-12)10-16-11-14-3-1-2-8-17-14;/h4-7,14,16-17H,1-3,8,10-11H2;1H. The Hall–Kier alpha value is -1.08. The lowest BCUT2D eigenvalue weighted by Crippen LogP contribution is -2.41. The summed E-state index contributed by atoms with van der Waals surface area (Å²) in [6.45, 7) is 3.06. The van der Waals surface area contributed by atoms with Gasteiger partial charge in [0.05, 0.1) is 11.6 Å². The average Bonchev–Trinajstić information content (AvgIpc) is 2.41. The first-order valence-corrected chi connectivity index (χ1v) is 6.31. The van der Waals surface area contributed by atoms with E-state index in [4.69, 9.17) is 5.26 Å². The van der Waals surface area contributed by atoms with Gasteiger partial charge in [0.25, 0.3) is 0 Å². The van der Waals surface area contributed by atoms with Crippen molar-refractivity contribution in [2.75, 3.05) is 13.1 Å². The van der Waals surface area contributed by atoms with Crippen molar-refractivity contribution in [3.05, 3.63) is 35.4 Å². The van der Waals surface area contributed by atoms with Crippen molar-refractivity contribution in [3.8, 4) is 6.07 Å².